The summed E-state index contributed by atoms with van der Waals surface area (Å²) in [5, 5.41) is 9.56. The summed E-state index contributed by atoms with van der Waals surface area (Å²) in [4.78, 5) is 26.8. The average Bonchev–Trinajstić information content (AvgIpc) is 3.24. The molecule has 0 spiro atoms. The van der Waals surface area contributed by atoms with Gasteiger partial charge in [0.1, 0.15) is 6.04 Å². The number of carbonyl (C=O) groups excluding carboxylic acids is 1. The van der Waals surface area contributed by atoms with Crippen LogP contribution in [0.4, 0.5) is 0 Å². The minimum absolute atomic E-state index is 0.00546. The number of carboxylic acid groups (broad SMARTS) is 1. The Hall–Kier alpha value is -2.70. The first-order valence-corrected chi connectivity index (χ1v) is 10.0. The zero-order valence-corrected chi connectivity index (χ0v) is 17.2. The number of benzene rings is 1. The summed E-state index contributed by atoms with van der Waals surface area (Å²) in [5.41, 5.74) is 0.747. The molecule has 1 saturated heterocycles. The van der Waals surface area contributed by atoms with Crippen LogP contribution in [0.1, 0.15) is 43.6 Å². The highest BCUT2D eigenvalue weighted by Gasteiger charge is 2.40. The van der Waals surface area contributed by atoms with E-state index < -0.39 is 17.9 Å². The summed E-state index contributed by atoms with van der Waals surface area (Å²) in [6.45, 7) is 0.465. The highest BCUT2D eigenvalue weighted by atomic mass is 16.5. The second-order valence-corrected chi connectivity index (χ2v) is 7.49. The van der Waals surface area contributed by atoms with E-state index in [9.17, 15) is 14.7 Å². The molecular weight excluding hydrogens is 374 g/mol. The van der Waals surface area contributed by atoms with Crippen LogP contribution >= 0.6 is 0 Å². The smallest absolute Gasteiger partial charge is 0.326 e. The minimum atomic E-state index is -0.946. The SMILES string of the molecule is COc1cc([C@@H](C(=O)N2CCCC2C(=O)O)[C@H]2C=CCCC2)cc(OC)c1OC. The number of allylic oxidation sites excluding steroid dienone is 2. The van der Waals surface area contributed by atoms with Gasteiger partial charge in [0.2, 0.25) is 11.7 Å². The Morgan fingerprint density at radius 1 is 1.07 bits per heavy atom. The number of aliphatic carboxylic acids is 1. The summed E-state index contributed by atoms with van der Waals surface area (Å²) >= 11 is 0. The summed E-state index contributed by atoms with van der Waals surface area (Å²) in [5.74, 6) is -0.172. The van der Waals surface area contributed by atoms with Crippen LogP contribution in [0.2, 0.25) is 0 Å². The third-order valence-electron chi connectivity index (χ3n) is 5.85. The third-order valence-corrected chi connectivity index (χ3v) is 5.85. The Labute approximate surface area is 171 Å². The predicted octanol–water partition coefficient (Wildman–Crippen LogP) is 3.23. The second-order valence-electron chi connectivity index (χ2n) is 7.49. The first-order valence-electron chi connectivity index (χ1n) is 10.0. The fraction of sp³-hybridized carbons (Fsp3) is 0.545. The van der Waals surface area contributed by atoms with Crippen LogP contribution in [0.3, 0.4) is 0 Å². The number of carboxylic acids is 1. The molecule has 1 aromatic carbocycles. The minimum Gasteiger partial charge on any atom is -0.493 e. The number of likely N-dealkylation sites (tertiary alicyclic amines) is 1. The van der Waals surface area contributed by atoms with Crippen molar-refractivity contribution in [1.82, 2.24) is 4.90 Å². The number of rotatable bonds is 7. The van der Waals surface area contributed by atoms with Crippen molar-refractivity contribution in [3.8, 4) is 17.2 Å². The summed E-state index contributed by atoms with van der Waals surface area (Å²) < 4.78 is 16.4. The van der Waals surface area contributed by atoms with Gasteiger partial charge in [0, 0.05) is 6.54 Å². The molecule has 7 heteroatoms. The van der Waals surface area contributed by atoms with E-state index in [-0.39, 0.29) is 11.8 Å². The van der Waals surface area contributed by atoms with E-state index in [1.54, 1.807) is 26.4 Å². The summed E-state index contributed by atoms with van der Waals surface area (Å²) in [7, 11) is 4.62. The van der Waals surface area contributed by atoms with Gasteiger partial charge in [-0.3, -0.25) is 4.79 Å². The molecule has 0 bridgehead atoms. The first-order chi connectivity index (χ1) is 14.0. The van der Waals surface area contributed by atoms with E-state index >= 15 is 0 Å². The topological polar surface area (TPSA) is 85.3 Å². The zero-order chi connectivity index (χ0) is 21.0. The number of carbonyl (C=O) groups is 2. The molecule has 29 heavy (non-hydrogen) atoms. The van der Waals surface area contributed by atoms with Crippen LogP contribution in [0.5, 0.6) is 17.2 Å². The fourth-order valence-corrected chi connectivity index (χ4v) is 4.44. The third kappa shape index (κ3) is 4.18. The monoisotopic (exact) mass is 403 g/mol. The molecule has 1 amide bonds. The van der Waals surface area contributed by atoms with Crippen LogP contribution in [0.25, 0.3) is 0 Å². The van der Waals surface area contributed by atoms with Gasteiger partial charge in [-0.05, 0) is 55.7 Å². The van der Waals surface area contributed by atoms with Gasteiger partial charge in [0.15, 0.2) is 11.5 Å². The van der Waals surface area contributed by atoms with Crippen molar-refractivity contribution in [2.45, 2.75) is 44.1 Å². The van der Waals surface area contributed by atoms with E-state index in [1.807, 2.05) is 0 Å². The molecule has 7 nitrogen and oxygen atoms in total. The highest BCUT2D eigenvalue weighted by Crippen LogP contribution is 2.44. The molecular formula is C22H29NO6. The van der Waals surface area contributed by atoms with E-state index in [2.05, 4.69) is 12.2 Å². The average molecular weight is 403 g/mol. The fourth-order valence-electron chi connectivity index (χ4n) is 4.44. The van der Waals surface area contributed by atoms with Gasteiger partial charge < -0.3 is 24.2 Å². The molecule has 1 aromatic rings. The Balaban J connectivity index is 2.07. The van der Waals surface area contributed by atoms with Gasteiger partial charge in [0.25, 0.3) is 0 Å². The van der Waals surface area contributed by atoms with Gasteiger partial charge in [-0.2, -0.15) is 0 Å². The molecule has 0 saturated carbocycles. The van der Waals surface area contributed by atoms with E-state index in [0.717, 1.165) is 24.8 Å². The van der Waals surface area contributed by atoms with Gasteiger partial charge in [-0.25, -0.2) is 4.79 Å². The van der Waals surface area contributed by atoms with Crippen LogP contribution in [0, 0.1) is 5.92 Å². The van der Waals surface area contributed by atoms with Crippen molar-refractivity contribution in [2.75, 3.05) is 27.9 Å². The van der Waals surface area contributed by atoms with Crippen LogP contribution in [0.15, 0.2) is 24.3 Å². The van der Waals surface area contributed by atoms with Crippen molar-refractivity contribution >= 4 is 11.9 Å². The Morgan fingerprint density at radius 3 is 2.28 bits per heavy atom. The zero-order valence-electron chi connectivity index (χ0n) is 17.2. The molecule has 1 unspecified atom stereocenters. The predicted molar refractivity (Wildman–Crippen MR) is 108 cm³/mol. The number of ether oxygens (including phenoxy) is 3. The van der Waals surface area contributed by atoms with Crippen LogP contribution < -0.4 is 14.2 Å². The number of hydrogen-bond donors (Lipinski definition) is 1. The maximum absolute atomic E-state index is 13.6. The Kier molecular flexibility index (Phi) is 6.67. The molecule has 1 fully saturated rings. The lowest BCUT2D eigenvalue weighted by molar-refractivity contribution is -0.149. The van der Waals surface area contributed by atoms with Gasteiger partial charge in [-0.1, -0.05) is 12.2 Å². The lowest BCUT2D eigenvalue weighted by Gasteiger charge is -2.32. The number of hydrogen-bond acceptors (Lipinski definition) is 5. The molecule has 2 aliphatic rings. The van der Waals surface area contributed by atoms with Gasteiger partial charge in [0.05, 0.1) is 27.2 Å². The van der Waals surface area contributed by atoms with Crippen molar-refractivity contribution in [3.63, 3.8) is 0 Å². The van der Waals surface area contributed by atoms with Crippen molar-refractivity contribution in [1.29, 1.82) is 0 Å². The van der Waals surface area contributed by atoms with E-state index in [1.165, 1.54) is 12.0 Å². The molecule has 3 rings (SSSR count). The number of amides is 1. The number of methoxy groups -OCH3 is 3. The molecule has 3 atom stereocenters. The molecule has 1 aliphatic carbocycles. The maximum atomic E-state index is 13.6. The maximum Gasteiger partial charge on any atom is 0.326 e. The van der Waals surface area contributed by atoms with Crippen molar-refractivity contribution in [2.24, 2.45) is 5.92 Å². The standard InChI is InChI=1S/C22H29NO6/c1-27-17-12-15(13-18(28-2)20(17)29-3)19(14-8-5-4-6-9-14)21(24)23-11-7-10-16(23)22(25)26/h5,8,12-14,16,19H,4,6-7,9-11H2,1-3H3,(H,25,26)/t14-,16?,19-/m0/s1. The largest absolute Gasteiger partial charge is 0.493 e. The van der Waals surface area contributed by atoms with E-state index in [0.29, 0.717) is 36.6 Å². The second kappa shape index (κ2) is 9.20. The summed E-state index contributed by atoms with van der Waals surface area (Å²) in [6, 6.07) is 2.84. The van der Waals surface area contributed by atoms with E-state index in [4.69, 9.17) is 14.2 Å². The Bertz CT molecular complexity index is 765. The first kappa shape index (κ1) is 21.0. The summed E-state index contributed by atoms with van der Waals surface area (Å²) in [6.07, 6.45) is 8.24. The molecule has 158 valence electrons. The lowest BCUT2D eigenvalue weighted by atomic mass is 9.79. The number of nitrogens with zero attached hydrogens (tertiary/aromatic N) is 1. The normalized spacial score (nSPS) is 22.2. The highest BCUT2D eigenvalue weighted by molar-refractivity contribution is 5.89. The Morgan fingerprint density at radius 2 is 1.76 bits per heavy atom. The van der Waals surface area contributed by atoms with Crippen LogP contribution in [-0.4, -0.2) is 55.8 Å². The van der Waals surface area contributed by atoms with Crippen molar-refractivity contribution in [3.05, 3.63) is 29.8 Å². The van der Waals surface area contributed by atoms with Gasteiger partial charge >= 0.3 is 5.97 Å². The van der Waals surface area contributed by atoms with Gasteiger partial charge in [-0.15, -0.1) is 0 Å². The molecule has 1 N–H and O–H groups in total. The van der Waals surface area contributed by atoms with Crippen LogP contribution in [-0.2, 0) is 9.59 Å². The molecule has 0 radical (unpaired) electrons. The quantitative estimate of drug-likeness (QED) is 0.704. The molecule has 1 aliphatic heterocycles. The molecule has 0 aromatic heterocycles. The lowest BCUT2D eigenvalue weighted by Crippen LogP contribution is -2.44. The van der Waals surface area contributed by atoms with Crippen molar-refractivity contribution < 1.29 is 28.9 Å². The molecule has 1 heterocycles.